The third-order valence-corrected chi connectivity index (χ3v) is 4.12. The van der Waals surface area contributed by atoms with Gasteiger partial charge in [-0.25, -0.2) is 0 Å². The SMILES string of the molecule is CCC(=O)c1c(O)ccc2c1Cc1c(OC(C)=O)cccc1C2=O. The van der Waals surface area contributed by atoms with Crippen molar-refractivity contribution in [3.05, 3.63) is 58.1 Å². The lowest BCUT2D eigenvalue weighted by Gasteiger charge is -2.23. The number of aromatic hydroxyl groups is 1. The Balaban J connectivity index is 2.22. The maximum atomic E-state index is 12.8. The molecule has 0 spiro atoms. The number of Topliss-reactive ketones (excluding diaryl/α,β-unsaturated/α-hetero) is 1. The van der Waals surface area contributed by atoms with Gasteiger partial charge >= 0.3 is 5.97 Å². The van der Waals surface area contributed by atoms with E-state index in [1.165, 1.54) is 19.1 Å². The molecule has 0 fully saturated rings. The van der Waals surface area contributed by atoms with Crippen LogP contribution in [0.3, 0.4) is 0 Å². The lowest BCUT2D eigenvalue weighted by Crippen LogP contribution is -2.20. The summed E-state index contributed by atoms with van der Waals surface area (Å²) in [7, 11) is 0. The van der Waals surface area contributed by atoms with Crippen molar-refractivity contribution in [1.82, 2.24) is 0 Å². The van der Waals surface area contributed by atoms with Crippen molar-refractivity contribution >= 4 is 17.5 Å². The van der Waals surface area contributed by atoms with Crippen molar-refractivity contribution in [3.8, 4) is 11.5 Å². The number of carbonyl (C=O) groups excluding carboxylic acids is 3. The van der Waals surface area contributed by atoms with Crippen molar-refractivity contribution < 1.29 is 24.2 Å². The minimum absolute atomic E-state index is 0.137. The average Bonchev–Trinajstić information content (AvgIpc) is 2.54. The van der Waals surface area contributed by atoms with E-state index in [0.29, 0.717) is 28.0 Å². The number of rotatable bonds is 3. The standard InChI is InChI=1S/C19H16O5/c1-3-15(21)18-14-9-13-11(5-4-6-17(13)24-10(2)20)19(23)12(14)7-8-16(18)22/h4-8,22H,3,9H2,1-2H3. The van der Waals surface area contributed by atoms with Gasteiger partial charge in [-0.15, -0.1) is 0 Å². The van der Waals surface area contributed by atoms with Crippen LogP contribution in [0.5, 0.6) is 11.5 Å². The molecule has 0 amide bonds. The van der Waals surface area contributed by atoms with E-state index in [-0.39, 0.29) is 35.7 Å². The first kappa shape index (κ1) is 15.9. The van der Waals surface area contributed by atoms with E-state index < -0.39 is 5.97 Å². The van der Waals surface area contributed by atoms with Crippen LogP contribution in [-0.4, -0.2) is 22.6 Å². The fraction of sp³-hybridized carbons (Fsp3) is 0.211. The zero-order valence-corrected chi connectivity index (χ0v) is 13.4. The minimum atomic E-state index is -0.484. The normalized spacial score (nSPS) is 12.3. The highest BCUT2D eigenvalue weighted by Crippen LogP contribution is 2.37. The molecule has 5 heteroatoms. The first-order chi connectivity index (χ1) is 11.4. The molecular formula is C19H16O5. The Morgan fingerprint density at radius 1 is 1.12 bits per heavy atom. The monoisotopic (exact) mass is 324 g/mol. The number of fused-ring (bicyclic) bond motifs is 2. The second-order valence-electron chi connectivity index (χ2n) is 5.64. The molecule has 0 bridgehead atoms. The maximum absolute atomic E-state index is 12.8. The van der Waals surface area contributed by atoms with Crippen molar-refractivity contribution in [2.24, 2.45) is 0 Å². The molecule has 0 saturated carbocycles. The Bertz CT molecular complexity index is 880. The topological polar surface area (TPSA) is 80.7 Å². The molecule has 122 valence electrons. The van der Waals surface area contributed by atoms with Crippen molar-refractivity contribution in [3.63, 3.8) is 0 Å². The lowest BCUT2D eigenvalue weighted by molar-refractivity contribution is -0.131. The summed E-state index contributed by atoms with van der Waals surface area (Å²) in [5.74, 6) is -0.794. The van der Waals surface area contributed by atoms with Crippen LogP contribution < -0.4 is 4.74 Å². The zero-order valence-electron chi connectivity index (χ0n) is 13.4. The molecule has 2 aromatic carbocycles. The van der Waals surface area contributed by atoms with E-state index >= 15 is 0 Å². The highest BCUT2D eigenvalue weighted by molar-refractivity contribution is 6.15. The summed E-state index contributed by atoms with van der Waals surface area (Å²) in [5.41, 5.74) is 2.06. The summed E-state index contributed by atoms with van der Waals surface area (Å²) in [6, 6.07) is 7.84. The smallest absolute Gasteiger partial charge is 0.308 e. The van der Waals surface area contributed by atoms with Gasteiger partial charge in [-0.2, -0.15) is 0 Å². The molecule has 0 saturated heterocycles. The van der Waals surface area contributed by atoms with Gasteiger partial charge in [0.1, 0.15) is 11.5 Å². The van der Waals surface area contributed by atoms with Gasteiger partial charge in [0.15, 0.2) is 11.6 Å². The second kappa shape index (κ2) is 5.92. The number of phenols is 1. The van der Waals surface area contributed by atoms with Gasteiger partial charge in [-0.3, -0.25) is 14.4 Å². The van der Waals surface area contributed by atoms with Gasteiger partial charge in [-0.05, 0) is 23.8 Å². The first-order valence-corrected chi connectivity index (χ1v) is 7.67. The Labute approximate surface area is 138 Å². The molecule has 1 N–H and O–H groups in total. The predicted molar refractivity (Wildman–Crippen MR) is 86.7 cm³/mol. The number of hydrogen-bond donors (Lipinski definition) is 1. The molecule has 3 rings (SSSR count). The van der Waals surface area contributed by atoms with Gasteiger partial charge in [0.05, 0.1) is 5.56 Å². The Morgan fingerprint density at radius 2 is 1.83 bits per heavy atom. The molecule has 0 aliphatic heterocycles. The van der Waals surface area contributed by atoms with Crippen LogP contribution in [0.1, 0.15) is 57.7 Å². The first-order valence-electron chi connectivity index (χ1n) is 7.67. The van der Waals surface area contributed by atoms with Gasteiger partial charge in [0.25, 0.3) is 0 Å². The van der Waals surface area contributed by atoms with E-state index in [0.717, 1.165) is 0 Å². The van der Waals surface area contributed by atoms with E-state index in [1.807, 2.05) is 0 Å². The van der Waals surface area contributed by atoms with Crippen molar-refractivity contribution in [1.29, 1.82) is 0 Å². The molecule has 1 aliphatic carbocycles. The van der Waals surface area contributed by atoms with Crippen LogP contribution in [-0.2, 0) is 11.2 Å². The molecule has 0 heterocycles. The predicted octanol–water partition coefficient (Wildman–Crippen LogP) is 3.05. The summed E-state index contributed by atoms with van der Waals surface area (Å²) in [4.78, 5) is 36.3. The van der Waals surface area contributed by atoms with Gasteiger partial charge in [-0.1, -0.05) is 19.1 Å². The van der Waals surface area contributed by atoms with Crippen LogP contribution in [0.15, 0.2) is 30.3 Å². The molecule has 0 unspecified atom stereocenters. The lowest BCUT2D eigenvalue weighted by atomic mass is 9.81. The number of benzene rings is 2. The molecular weight excluding hydrogens is 308 g/mol. The molecule has 1 aliphatic rings. The average molecular weight is 324 g/mol. The van der Waals surface area contributed by atoms with Crippen LogP contribution in [0.2, 0.25) is 0 Å². The fourth-order valence-corrected chi connectivity index (χ4v) is 3.05. The summed E-state index contributed by atoms with van der Waals surface area (Å²) >= 11 is 0. The van der Waals surface area contributed by atoms with Crippen molar-refractivity contribution in [2.75, 3.05) is 0 Å². The van der Waals surface area contributed by atoms with Crippen LogP contribution in [0, 0.1) is 0 Å². The summed E-state index contributed by atoms with van der Waals surface area (Å²) in [6.45, 7) is 2.99. The third-order valence-electron chi connectivity index (χ3n) is 4.12. The van der Waals surface area contributed by atoms with Gasteiger partial charge in [0.2, 0.25) is 0 Å². The molecule has 0 aromatic heterocycles. The third kappa shape index (κ3) is 2.48. The fourth-order valence-electron chi connectivity index (χ4n) is 3.05. The summed E-state index contributed by atoms with van der Waals surface area (Å²) < 4.78 is 5.19. The molecule has 0 radical (unpaired) electrons. The Hall–Kier alpha value is -2.95. The summed E-state index contributed by atoms with van der Waals surface area (Å²) in [6.07, 6.45) is 0.464. The molecule has 5 nitrogen and oxygen atoms in total. The van der Waals surface area contributed by atoms with Crippen molar-refractivity contribution in [2.45, 2.75) is 26.7 Å². The number of ether oxygens (including phenoxy) is 1. The summed E-state index contributed by atoms with van der Waals surface area (Å²) in [5, 5.41) is 10.1. The number of phenolic OH excluding ortho intramolecular Hbond substituents is 1. The van der Waals surface area contributed by atoms with E-state index in [1.54, 1.807) is 25.1 Å². The second-order valence-corrected chi connectivity index (χ2v) is 5.64. The number of hydrogen-bond acceptors (Lipinski definition) is 5. The number of carbonyl (C=O) groups is 3. The maximum Gasteiger partial charge on any atom is 0.308 e. The molecule has 0 atom stereocenters. The number of ketones is 2. The van der Waals surface area contributed by atoms with Gasteiger partial charge < -0.3 is 9.84 Å². The Kier molecular flexibility index (Phi) is 3.93. The largest absolute Gasteiger partial charge is 0.507 e. The highest BCUT2D eigenvalue weighted by Gasteiger charge is 2.30. The quantitative estimate of drug-likeness (QED) is 0.455. The van der Waals surface area contributed by atoms with Crippen LogP contribution >= 0.6 is 0 Å². The van der Waals surface area contributed by atoms with Crippen LogP contribution in [0.25, 0.3) is 0 Å². The van der Waals surface area contributed by atoms with Crippen LogP contribution in [0.4, 0.5) is 0 Å². The minimum Gasteiger partial charge on any atom is -0.507 e. The van der Waals surface area contributed by atoms with E-state index in [2.05, 4.69) is 0 Å². The number of esters is 1. The van der Waals surface area contributed by atoms with E-state index in [9.17, 15) is 19.5 Å². The molecule has 2 aromatic rings. The van der Waals surface area contributed by atoms with Gasteiger partial charge in [0, 0.05) is 36.5 Å². The zero-order chi connectivity index (χ0) is 17.4. The van der Waals surface area contributed by atoms with E-state index in [4.69, 9.17) is 4.74 Å². The highest BCUT2D eigenvalue weighted by atomic mass is 16.5. The Morgan fingerprint density at radius 3 is 2.50 bits per heavy atom. The molecule has 24 heavy (non-hydrogen) atoms.